The first-order chi connectivity index (χ1) is 7.92. The second-order valence-corrected chi connectivity index (χ2v) is 3.66. The van der Waals surface area contributed by atoms with Crippen LogP contribution in [0.5, 0.6) is 0 Å². The van der Waals surface area contributed by atoms with Crippen LogP contribution in [0.1, 0.15) is 24.2 Å². The lowest BCUT2D eigenvalue weighted by atomic mass is 10.0. The normalized spacial score (nSPS) is 10.6. The van der Waals surface area contributed by atoms with Crippen LogP contribution >= 0.6 is 0 Å². The summed E-state index contributed by atoms with van der Waals surface area (Å²) in [5, 5.41) is 0. The smallest absolute Gasteiger partial charge is 0.108 e. The predicted octanol–water partition coefficient (Wildman–Crippen LogP) is 3.81. The fraction of sp³-hybridized carbons (Fsp3) is 0.200. The molecule has 82 valence electrons. The average molecular weight is 212 g/mol. The van der Waals surface area contributed by atoms with Crippen molar-refractivity contribution in [1.29, 1.82) is 0 Å². The van der Waals surface area contributed by atoms with Crippen molar-refractivity contribution in [2.75, 3.05) is 6.61 Å². The molecule has 0 saturated carbocycles. The van der Waals surface area contributed by atoms with Gasteiger partial charge in [-0.15, -0.1) is 0 Å². The van der Waals surface area contributed by atoms with Crippen molar-refractivity contribution in [3.63, 3.8) is 0 Å². The molecule has 0 heterocycles. The van der Waals surface area contributed by atoms with E-state index in [-0.39, 0.29) is 6.10 Å². The maximum absolute atomic E-state index is 5.81. The van der Waals surface area contributed by atoms with Gasteiger partial charge < -0.3 is 4.74 Å². The summed E-state index contributed by atoms with van der Waals surface area (Å²) in [6.45, 7) is 2.74. The number of ether oxygens (including phenoxy) is 1. The van der Waals surface area contributed by atoms with Gasteiger partial charge in [0.15, 0.2) is 0 Å². The third kappa shape index (κ3) is 2.50. The lowest BCUT2D eigenvalue weighted by molar-refractivity contribution is 0.0913. The summed E-state index contributed by atoms with van der Waals surface area (Å²) in [5.41, 5.74) is 2.41. The van der Waals surface area contributed by atoms with Gasteiger partial charge >= 0.3 is 0 Å². The van der Waals surface area contributed by atoms with E-state index in [0.717, 1.165) is 0 Å². The van der Waals surface area contributed by atoms with Crippen LogP contribution in [0.3, 0.4) is 0 Å². The third-order valence-electron chi connectivity index (χ3n) is 2.54. The molecule has 0 amide bonds. The number of hydrogen-bond donors (Lipinski definition) is 0. The van der Waals surface area contributed by atoms with E-state index in [1.165, 1.54) is 11.1 Å². The number of rotatable bonds is 4. The molecule has 0 aliphatic carbocycles. The zero-order valence-corrected chi connectivity index (χ0v) is 9.47. The van der Waals surface area contributed by atoms with Gasteiger partial charge in [-0.05, 0) is 18.1 Å². The zero-order valence-electron chi connectivity index (χ0n) is 9.47. The second-order valence-electron chi connectivity index (χ2n) is 3.66. The van der Waals surface area contributed by atoms with Gasteiger partial charge in [-0.3, -0.25) is 0 Å². The first-order valence-corrected chi connectivity index (χ1v) is 5.63. The van der Waals surface area contributed by atoms with Crippen LogP contribution in [0.4, 0.5) is 0 Å². The maximum Gasteiger partial charge on any atom is 0.108 e. The molecule has 1 nitrogen and oxygen atoms in total. The Morgan fingerprint density at radius 2 is 1.25 bits per heavy atom. The van der Waals surface area contributed by atoms with Gasteiger partial charge in [-0.25, -0.2) is 0 Å². The van der Waals surface area contributed by atoms with Crippen LogP contribution in [-0.2, 0) is 4.74 Å². The van der Waals surface area contributed by atoms with E-state index in [9.17, 15) is 0 Å². The van der Waals surface area contributed by atoms with Crippen LogP contribution in [-0.4, -0.2) is 6.61 Å². The Balaban J connectivity index is 2.31. The summed E-state index contributed by atoms with van der Waals surface area (Å²) < 4.78 is 5.81. The van der Waals surface area contributed by atoms with Gasteiger partial charge in [0.25, 0.3) is 0 Å². The first-order valence-electron chi connectivity index (χ1n) is 5.63. The van der Waals surface area contributed by atoms with E-state index in [2.05, 4.69) is 24.3 Å². The summed E-state index contributed by atoms with van der Waals surface area (Å²) in [6.07, 6.45) is 0.0485. The van der Waals surface area contributed by atoms with Gasteiger partial charge in [0.2, 0.25) is 0 Å². The van der Waals surface area contributed by atoms with Gasteiger partial charge in [0, 0.05) is 6.61 Å². The van der Waals surface area contributed by atoms with Crippen molar-refractivity contribution in [3.8, 4) is 0 Å². The molecule has 0 atom stereocenters. The molecule has 0 radical (unpaired) electrons. The molecular weight excluding hydrogens is 196 g/mol. The Morgan fingerprint density at radius 1 is 0.812 bits per heavy atom. The Labute approximate surface area is 96.7 Å². The SMILES string of the molecule is CCOC(c1ccccc1)c1ccccc1. The minimum atomic E-state index is 0.0485. The minimum Gasteiger partial charge on any atom is -0.369 e. The van der Waals surface area contributed by atoms with E-state index in [0.29, 0.717) is 6.61 Å². The maximum atomic E-state index is 5.81. The minimum absolute atomic E-state index is 0.0485. The summed E-state index contributed by atoms with van der Waals surface area (Å²) >= 11 is 0. The molecule has 2 rings (SSSR count). The summed E-state index contributed by atoms with van der Waals surface area (Å²) in [7, 11) is 0. The summed E-state index contributed by atoms with van der Waals surface area (Å²) in [6, 6.07) is 20.7. The lowest BCUT2D eigenvalue weighted by Crippen LogP contribution is -2.05. The highest BCUT2D eigenvalue weighted by atomic mass is 16.5. The molecule has 16 heavy (non-hydrogen) atoms. The molecule has 0 aliphatic rings. The molecule has 0 aromatic heterocycles. The van der Waals surface area contributed by atoms with E-state index in [1.807, 2.05) is 43.3 Å². The van der Waals surface area contributed by atoms with Crippen LogP contribution in [0, 0.1) is 0 Å². The quantitative estimate of drug-likeness (QED) is 0.748. The predicted molar refractivity (Wildman–Crippen MR) is 66.4 cm³/mol. The largest absolute Gasteiger partial charge is 0.369 e. The standard InChI is InChI=1S/C15H16O/c1-2-16-15(13-9-5-3-6-10-13)14-11-7-4-8-12-14/h3-12,15H,2H2,1H3. The van der Waals surface area contributed by atoms with Crippen molar-refractivity contribution < 1.29 is 4.74 Å². The second kappa shape index (κ2) is 5.47. The van der Waals surface area contributed by atoms with Gasteiger partial charge in [0.05, 0.1) is 0 Å². The molecule has 0 bridgehead atoms. The van der Waals surface area contributed by atoms with E-state index in [1.54, 1.807) is 0 Å². The van der Waals surface area contributed by atoms with E-state index >= 15 is 0 Å². The highest BCUT2D eigenvalue weighted by Crippen LogP contribution is 2.25. The molecule has 0 fully saturated rings. The van der Waals surface area contributed by atoms with E-state index < -0.39 is 0 Å². The lowest BCUT2D eigenvalue weighted by Gasteiger charge is -2.17. The monoisotopic (exact) mass is 212 g/mol. The summed E-state index contributed by atoms with van der Waals surface area (Å²) in [4.78, 5) is 0. The van der Waals surface area contributed by atoms with Crippen molar-refractivity contribution in [2.45, 2.75) is 13.0 Å². The first kappa shape index (κ1) is 10.9. The molecule has 1 heteroatoms. The molecular formula is C15H16O. The Morgan fingerprint density at radius 3 is 1.62 bits per heavy atom. The van der Waals surface area contributed by atoms with Crippen molar-refractivity contribution in [2.24, 2.45) is 0 Å². The highest BCUT2D eigenvalue weighted by Gasteiger charge is 2.12. The fourth-order valence-electron chi connectivity index (χ4n) is 1.81. The summed E-state index contributed by atoms with van der Waals surface area (Å²) in [5.74, 6) is 0. The number of hydrogen-bond acceptors (Lipinski definition) is 1. The van der Waals surface area contributed by atoms with Crippen molar-refractivity contribution >= 4 is 0 Å². The van der Waals surface area contributed by atoms with Crippen LogP contribution < -0.4 is 0 Å². The Hall–Kier alpha value is -1.60. The molecule has 0 aliphatic heterocycles. The zero-order chi connectivity index (χ0) is 11.2. The molecule has 0 unspecified atom stereocenters. The topological polar surface area (TPSA) is 9.23 Å². The third-order valence-corrected chi connectivity index (χ3v) is 2.54. The van der Waals surface area contributed by atoms with Gasteiger partial charge in [-0.2, -0.15) is 0 Å². The highest BCUT2D eigenvalue weighted by molar-refractivity contribution is 5.29. The van der Waals surface area contributed by atoms with Crippen molar-refractivity contribution in [3.05, 3.63) is 71.8 Å². The van der Waals surface area contributed by atoms with Crippen LogP contribution in [0.2, 0.25) is 0 Å². The van der Waals surface area contributed by atoms with E-state index in [4.69, 9.17) is 4.74 Å². The molecule has 0 N–H and O–H groups in total. The Bertz CT molecular complexity index is 368. The molecule has 2 aromatic rings. The van der Waals surface area contributed by atoms with Gasteiger partial charge in [-0.1, -0.05) is 60.7 Å². The van der Waals surface area contributed by atoms with Crippen LogP contribution in [0.15, 0.2) is 60.7 Å². The Kier molecular flexibility index (Phi) is 3.73. The van der Waals surface area contributed by atoms with Crippen molar-refractivity contribution in [1.82, 2.24) is 0 Å². The number of benzene rings is 2. The van der Waals surface area contributed by atoms with Crippen LogP contribution in [0.25, 0.3) is 0 Å². The van der Waals surface area contributed by atoms with Gasteiger partial charge in [0.1, 0.15) is 6.10 Å². The molecule has 2 aromatic carbocycles. The average Bonchev–Trinajstić information content (AvgIpc) is 2.38. The fourth-order valence-corrected chi connectivity index (χ4v) is 1.81. The molecule has 0 saturated heterocycles. The molecule has 0 spiro atoms.